The molecule has 0 spiro atoms. The maximum atomic E-state index is 12.0. The van der Waals surface area contributed by atoms with Crippen molar-refractivity contribution in [3.05, 3.63) is 23.5 Å². The van der Waals surface area contributed by atoms with E-state index in [2.05, 4.69) is 5.32 Å². The van der Waals surface area contributed by atoms with Gasteiger partial charge in [0.25, 0.3) is 5.91 Å². The lowest BCUT2D eigenvalue weighted by Gasteiger charge is -2.13. The van der Waals surface area contributed by atoms with Crippen LogP contribution in [0.5, 0.6) is 0 Å². The number of nitrogens with zero attached hydrogens (tertiary/aromatic N) is 1. The molecule has 5 nitrogen and oxygen atoms in total. The number of carbonyl (C=O) groups is 2. The summed E-state index contributed by atoms with van der Waals surface area (Å²) in [6.07, 6.45) is 1.92. The van der Waals surface area contributed by atoms with Crippen LogP contribution in [0, 0.1) is 12.8 Å². The lowest BCUT2D eigenvalue weighted by molar-refractivity contribution is -0.141. The van der Waals surface area contributed by atoms with Crippen LogP contribution in [0.4, 0.5) is 0 Å². The Morgan fingerprint density at radius 3 is 2.61 bits per heavy atom. The highest BCUT2D eigenvalue weighted by atomic mass is 16.4. The quantitative estimate of drug-likeness (QED) is 0.849. The fourth-order valence-electron chi connectivity index (χ4n) is 2.44. The Balaban J connectivity index is 1.97. The molecule has 2 rings (SSSR count). The molecule has 98 valence electrons. The van der Waals surface area contributed by atoms with Crippen molar-refractivity contribution in [2.24, 2.45) is 13.0 Å². The van der Waals surface area contributed by atoms with Gasteiger partial charge in [0.15, 0.2) is 0 Å². The minimum absolute atomic E-state index is 0.0196. The predicted molar refractivity (Wildman–Crippen MR) is 66.4 cm³/mol. The molecule has 1 aromatic heterocycles. The molecule has 1 amide bonds. The smallest absolute Gasteiger partial charge is 0.306 e. The van der Waals surface area contributed by atoms with E-state index in [1.807, 2.05) is 24.6 Å². The molecule has 0 bridgehead atoms. The van der Waals surface area contributed by atoms with Crippen molar-refractivity contribution in [2.45, 2.75) is 32.2 Å². The van der Waals surface area contributed by atoms with E-state index in [9.17, 15) is 9.59 Å². The third kappa shape index (κ3) is 2.39. The predicted octanol–water partition coefficient (Wildman–Crippen LogP) is 1.32. The molecule has 1 aliphatic rings. The van der Waals surface area contributed by atoms with Gasteiger partial charge < -0.3 is 15.0 Å². The summed E-state index contributed by atoms with van der Waals surface area (Å²) in [4.78, 5) is 22.9. The molecule has 0 aromatic carbocycles. The number of carbonyl (C=O) groups excluding carboxylic acids is 1. The Morgan fingerprint density at radius 1 is 1.39 bits per heavy atom. The summed E-state index contributed by atoms with van der Waals surface area (Å²) >= 11 is 0. The van der Waals surface area contributed by atoms with Crippen molar-refractivity contribution in [3.63, 3.8) is 0 Å². The van der Waals surface area contributed by atoms with Crippen LogP contribution in [0.3, 0.4) is 0 Å². The Kier molecular flexibility index (Phi) is 3.41. The molecule has 1 aliphatic carbocycles. The minimum Gasteiger partial charge on any atom is -0.481 e. The number of amides is 1. The average Bonchev–Trinajstić information content (AvgIpc) is 2.88. The standard InChI is InChI=1S/C13H18N2O3/c1-8-3-6-11(15(8)2)12(16)14-10-5-4-9(7-10)13(17)18/h3,6,9-10H,4-5,7H2,1-2H3,(H,14,16)(H,17,18)/t9-,10+/m0/s1. The van der Waals surface area contributed by atoms with Crippen molar-refractivity contribution < 1.29 is 14.7 Å². The first-order valence-electron chi connectivity index (χ1n) is 6.15. The fourth-order valence-corrected chi connectivity index (χ4v) is 2.44. The lowest BCUT2D eigenvalue weighted by atomic mass is 10.1. The molecule has 1 heterocycles. The third-order valence-electron chi connectivity index (χ3n) is 3.72. The number of carboxylic acids is 1. The zero-order valence-electron chi connectivity index (χ0n) is 10.6. The average molecular weight is 250 g/mol. The number of aliphatic carboxylic acids is 1. The van der Waals surface area contributed by atoms with Crippen LogP contribution in [0.15, 0.2) is 12.1 Å². The van der Waals surface area contributed by atoms with Crippen LogP contribution in [0.25, 0.3) is 0 Å². The molecule has 5 heteroatoms. The number of aromatic nitrogens is 1. The van der Waals surface area contributed by atoms with E-state index >= 15 is 0 Å². The maximum absolute atomic E-state index is 12.0. The summed E-state index contributed by atoms with van der Waals surface area (Å²) < 4.78 is 1.83. The van der Waals surface area contributed by atoms with Gasteiger partial charge in [-0.25, -0.2) is 0 Å². The van der Waals surface area contributed by atoms with Gasteiger partial charge in [0.1, 0.15) is 5.69 Å². The van der Waals surface area contributed by atoms with Crippen molar-refractivity contribution >= 4 is 11.9 Å². The number of hydrogen-bond acceptors (Lipinski definition) is 2. The Hall–Kier alpha value is -1.78. The number of carboxylic acid groups (broad SMARTS) is 1. The van der Waals surface area contributed by atoms with E-state index in [1.165, 1.54) is 0 Å². The van der Waals surface area contributed by atoms with Gasteiger partial charge >= 0.3 is 5.97 Å². The Morgan fingerprint density at radius 2 is 2.11 bits per heavy atom. The van der Waals surface area contributed by atoms with Gasteiger partial charge in [0.2, 0.25) is 0 Å². The summed E-state index contributed by atoms with van der Waals surface area (Å²) in [6.45, 7) is 1.94. The maximum Gasteiger partial charge on any atom is 0.306 e. The number of nitrogens with one attached hydrogen (secondary N) is 1. The van der Waals surface area contributed by atoms with E-state index in [1.54, 1.807) is 6.07 Å². The van der Waals surface area contributed by atoms with Crippen molar-refractivity contribution in [1.82, 2.24) is 9.88 Å². The van der Waals surface area contributed by atoms with Crippen molar-refractivity contribution in [2.75, 3.05) is 0 Å². The van der Waals surface area contributed by atoms with Crippen molar-refractivity contribution in [3.8, 4) is 0 Å². The van der Waals surface area contributed by atoms with Gasteiger partial charge in [0.05, 0.1) is 5.92 Å². The molecule has 2 N–H and O–H groups in total. The van der Waals surface area contributed by atoms with Gasteiger partial charge in [-0.05, 0) is 38.3 Å². The number of aryl methyl sites for hydroxylation is 1. The van der Waals surface area contributed by atoms with E-state index in [4.69, 9.17) is 5.11 Å². The molecule has 1 aromatic rings. The van der Waals surface area contributed by atoms with Crippen molar-refractivity contribution in [1.29, 1.82) is 0 Å². The topological polar surface area (TPSA) is 71.3 Å². The molecule has 1 saturated carbocycles. The molecule has 2 atom stereocenters. The molecule has 18 heavy (non-hydrogen) atoms. The molecular formula is C13H18N2O3. The van der Waals surface area contributed by atoms with Crippen LogP contribution in [-0.4, -0.2) is 27.6 Å². The first kappa shape index (κ1) is 12.7. The third-order valence-corrected chi connectivity index (χ3v) is 3.72. The highest BCUT2D eigenvalue weighted by Gasteiger charge is 2.30. The van der Waals surface area contributed by atoms with Crippen LogP contribution in [0.2, 0.25) is 0 Å². The molecule has 1 fully saturated rings. The normalized spacial score (nSPS) is 23.0. The minimum atomic E-state index is -0.763. The van der Waals surface area contributed by atoms with Gasteiger partial charge in [0, 0.05) is 18.8 Å². The second-order valence-corrected chi connectivity index (χ2v) is 4.94. The Bertz CT molecular complexity index is 479. The van der Waals surface area contributed by atoms with E-state index < -0.39 is 5.97 Å². The van der Waals surface area contributed by atoms with Crippen LogP contribution >= 0.6 is 0 Å². The zero-order chi connectivity index (χ0) is 13.3. The monoisotopic (exact) mass is 250 g/mol. The largest absolute Gasteiger partial charge is 0.481 e. The SMILES string of the molecule is Cc1ccc(C(=O)N[C@@H]2CC[C@H](C(=O)O)C2)n1C. The first-order chi connectivity index (χ1) is 8.49. The van der Waals surface area contributed by atoms with Gasteiger partial charge in [-0.1, -0.05) is 0 Å². The van der Waals surface area contributed by atoms with E-state index in [-0.39, 0.29) is 17.9 Å². The second-order valence-electron chi connectivity index (χ2n) is 4.94. The van der Waals surface area contributed by atoms with Crippen LogP contribution in [-0.2, 0) is 11.8 Å². The van der Waals surface area contributed by atoms with Crippen LogP contribution < -0.4 is 5.32 Å². The summed E-state index contributed by atoms with van der Waals surface area (Å²) in [5, 5.41) is 11.8. The Labute approximate surface area is 106 Å². The summed E-state index contributed by atoms with van der Waals surface area (Å²) in [5.74, 6) is -1.20. The van der Waals surface area contributed by atoms with Crippen LogP contribution in [0.1, 0.15) is 35.4 Å². The summed E-state index contributed by atoms with van der Waals surface area (Å²) in [5.41, 5.74) is 1.64. The highest BCUT2D eigenvalue weighted by Crippen LogP contribution is 2.25. The second kappa shape index (κ2) is 4.84. The molecule has 0 radical (unpaired) electrons. The molecular weight excluding hydrogens is 232 g/mol. The molecule has 0 saturated heterocycles. The summed E-state index contributed by atoms with van der Waals surface area (Å²) in [7, 11) is 1.85. The van der Waals surface area contributed by atoms with Gasteiger partial charge in [-0.15, -0.1) is 0 Å². The first-order valence-corrected chi connectivity index (χ1v) is 6.15. The van der Waals surface area contributed by atoms with E-state index in [0.717, 1.165) is 12.1 Å². The zero-order valence-corrected chi connectivity index (χ0v) is 10.6. The molecule has 0 unspecified atom stereocenters. The lowest BCUT2D eigenvalue weighted by Crippen LogP contribution is -2.34. The number of rotatable bonds is 3. The molecule has 0 aliphatic heterocycles. The van der Waals surface area contributed by atoms with Gasteiger partial charge in [-0.3, -0.25) is 9.59 Å². The highest BCUT2D eigenvalue weighted by molar-refractivity contribution is 5.93. The fraction of sp³-hybridized carbons (Fsp3) is 0.538. The van der Waals surface area contributed by atoms with E-state index in [0.29, 0.717) is 18.5 Å². The number of hydrogen-bond donors (Lipinski definition) is 2. The summed E-state index contributed by atoms with van der Waals surface area (Å²) in [6, 6.07) is 3.66. The van der Waals surface area contributed by atoms with Gasteiger partial charge in [-0.2, -0.15) is 0 Å².